The Labute approximate surface area is 144 Å². The molecule has 0 saturated heterocycles. The van der Waals surface area contributed by atoms with Crippen LogP contribution in [0.15, 0.2) is 41.0 Å². The SMILES string of the molecule is CNc1c(-c2ccc(-c3nnc(C)o3)cc2)cnc2c1C(Cl)=CC2. The highest BCUT2D eigenvalue weighted by Crippen LogP contribution is 2.40. The maximum atomic E-state index is 6.35. The molecule has 0 saturated carbocycles. The van der Waals surface area contributed by atoms with Crippen molar-refractivity contribution in [2.75, 3.05) is 12.4 Å². The topological polar surface area (TPSA) is 63.8 Å². The van der Waals surface area contributed by atoms with Crippen LogP contribution in [0.5, 0.6) is 0 Å². The quantitative estimate of drug-likeness (QED) is 0.772. The third kappa shape index (κ3) is 2.37. The van der Waals surface area contributed by atoms with Crippen LogP contribution in [-0.4, -0.2) is 22.2 Å². The van der Waals surface area contributed by atoms with Gasteiger partial charge in [0, 0.05) is 48.3 Å². The molecule has 0 fully saturated rings. The maximum Gasteiger partial charge on any atom is 0.247 e. The average Bonchev–Trinajstić information content (AvgIpc) is 3.21. The molecule has 0 aliphatic heterocycles. The first-order chi connectivity index (χ1) is 11.7. The summed E-state index contributed by atoms with van der Waals surface area (Å²) in [6.07, 6.45) is 4.66. The van der Waals surface area contributed by atoms with E-state index < -0.39 is 0 Å². The molecule has 4 rings (SSSR count). The highest BCUT2D eigenvalue weighted by atomic mass is 35.5. The molecular weight excluding hydrogens is 324 g/mol. The van der Waals surface area contributed by atoms with Gasteiger partial charge in [-0.15, -0.1) is 10.2 Å². The summed E-state index contributed by atoms with van der Waals surface area (Å²) in [6, 6.07) is 7.97. The fourth-order valence-corrected chi connectivity index (χ4v) is 3.22. The number of hydrogen-bond acceptors (Lipinski definition) is 5. The lowest BCUT2D eigenvalue weighted by molar-refractivity contribution is 0.533. The number of allylic oxidation sites excluding steroid dienone is 1. The fourth-order valence-electron chi connectivity index (χ4n) is 2.94. The van der Waals surface area contributed by atoms with Gasteiger partial charge in [-0.05, 0) is 17.7 Å². The maximum absolute atomic E-state index is 6.35. The van der Waals surface area contributed by atoms with Crippen molar-refractivity contribution in [2.24, 2.45) is 0 Å². The van der Waals surface area contributed by atoms with Crippen molar-refractivity contribution in [3.8, 4) is 22.6 Å². The molecule has 5 nitrogen and oxygen atoms in total. The highest BCUT2D eigenvalue weighted by molar-refractivity contribution is 6.50. The van der Waals surface area contributed by atoms with Gasteiger partial charge >= 0.3 is 0 Å². The van der Waals surface area contributed by atoms with Gasteiger partial charge in [-0.2, -0.15) is 0 Å². The van der Waals surface area contributed by atoms with Crippen molar-refractivity contribution in [1.29, 1.82) is 0 Å². The molecule has 0 amide bonds. The Balaban J connectivity index is 1.77. The van der Waals surface area contributed by atoms with E-state index in [9.17, 15) is 0 Å². The molecule has 1 N–H and O–H groups in total. The summed E-state index contributed by atoms with van der Waals surface area (Å²) in [6.45, 7) is 1.78. The second-order valence-electron chi connectivity index (χ2n) is 5.58. The summed E-state index contributed by atoms with van der Waals surface area (Å²) in [5.41, 5.74) is 5.95. The minimum Gasteiger partial charge on any atom is -0.421 e. The predicted molar refractivity (Wildman–Crippen MR) is 94.8 cm³/mol. The van der Waals surface area contributed by atoms with E-state index in [-0.39, 0.29) is 0 Å². The van der Waals surface area contributed by atoms with E-state index in [4.69, 9.17) is 16.0 Å². The fraction of sp³-hybridized carbons (Fsp3) is 0.167. The molecule has 2 heterocycles. The van der Waals surface area contributed by atoms with Crippen LogP contribution >= 0.6 is 11.6 Å². The van der Waals surface area contributed by atoms with E-state index in [1.54, 1.807) is 6.92 Å². The van der Waals surface area contributed by atoms with Gasteiger partial charge in [0.2, 0.25) is 11.8 Å². The third-order valence-electron chi connectivity index (χ3n) is 4.09. The van der Waals surface area contributed by atoms with E-state index in [0.29, 0.717) is 11.8 Å². The number of anilines is 1. The molecule has 0 radical (unpaired) electrons. The molecule has 0 bridgehead atoms. The lowest BCUT2D eigenvalue weighted by Gasteiger charge is -2.14. The van der Waals surface area contributed by atoms with E-state index in [1.165, 1.54) is 0 Å². The number of nitrogens with zero attached hydrogens (tertiary/aromatic N) is 3. The van der Waals surface area contributed by atoms with Crippen LogP contribution in [0.4, 0.5) is 5.69 Å². The van der Waals surface area contributed by atoms with Crippen LogP contribution in [0, 0.1) is 6.92 Å². The number of aryl methyl sites for hydroxylation is 1. The molecule has 120 valence electrons. The van der Waals surface area contributed by atoms with E-state index in [2.05, 4.69) is 20.5 Å². The van der Waals surface area contributed by atoms with Crippen LogP contribution in [-0.2, 0) is 6.42 Å². The zero-order valence-corrected chi connectivity index (χ0v) is 14.1. The Bertz CT molecular complexity index is 944. The molecule has 0 unspecified atom stereocenters. The molecule has 0 atom stereocenters. The third-order valence-corrected chi connectivity index (χ3v) is 4.43. The van der Waals surface area contributed by atoms with Gasteiger partial charge in [-0.3, -0.25) is 4.98 Å². The van der Waals surface area contributed by atoms with Crippen molar-refractivity contribution in [2.45, 2.75) is 13.3 Å². The van der Waals surface area contributed by atoms with Crippen LogP contribution in [0.1, 0.15) is 17.1 Å². The van der Waals surface area contributed by atoms with Crippen molar-refractivity contribution in [1.82, 2.24) is 15.2 Å². The zero-order chi connectivity index (χ0) is 16.7. The number of benzene rings is 1. The number of aromatic nitrogens is 3. The van der Waals surface area contributed by atoms with E-state index in [1.807, 2.05) is 43.6 Å². The number of rotatable bonds is 3. The Morgan fingerprint density at radius 3 is 2.54 bits per heavy atom. The number of nitrogens with one attached hydrogen (secondary N) is 1. The van der Waals surface area contributed by atoms with Crippen molar-refractivity contribution >= 4 is 22.3 Å². The lowest BCUT2D eigenvalue weighted by atomic mass is 10.0. The summed E-state index contributed by atoms with van der Waals surface area (Å²) in [5.74, 6) is 1.07. The zero-order valence-electron chi connectivity index (χ0n) is 13.3. The van der Waals surface area contributed by atoms with Crippen LogP contribution in [0.2, 0.25) is 0 Å². The second-order valence-corrected chi connectivity index (χ2v) is 5.99. The Morgan fingerprint density at radius 1 is 1.12 bits per heavy atom. The normalized spacial score (nSPS) is 12.9. The lowest BCUT2D eigenvalue weighted by Crippen LogP contribution is -2.00. The first-order valence-corrected chi connectivity index (χ1v) is 8.01. The molecular formula is C18H15ClN4O. The van der Waals surface area contributed by atoms with Gasteiger partial charge in [0.25, 0.3) is 0 Å². The standard InChI is InChI=1S/C18H15ClN4O/c1-10-22-23-18(24-10)12-5-3-11(4-6-12)13-9-21-15-8-7-14(19)16(15)17(13)20-2/h3-7,9H,8H2,1-2H3,(H,20,21). The average molecular weight is 339 g/mol. The molecule has 2 aromatic heterocycles. The highest BCUT2D eigenvalue weighted by Gasteiger charge is 2.21. The molecule has 1 aliphatic carbocycles. The monoisotopic (exact) mass is 338 g/mol. The number of fused-ring (bicyclic) bond motifs is 1. The Hall–Kier alpha value is -2.66. The summed E-state index contributed by atoms with van der Waals surface area (Å²) in [7, 11) is 1.90. The van der Waals surface area contributed by atoms with Gasteiger partial charge < -0.3 is 9.73 Å². The number of hydrogen-bond donors (Lipinski definition) is 1. The molecule has 6 heteroatoms. The molecule has 1 aromatic carbocycles. The van der Waals surface area contributed by atoms with Gasteiger partial charge in [-0.25, -0.2) is 0 Å². The number of halogens is 1. The summed E-state index contributed by atoms with van der Waals surface area (Å²) >= 11 is 6.35. The van der Waals surface area contributed by atoms with Gasteiger partial charge in [0.1, 0.15) is 0 Å². The van der Waals surface area contributed by atoms with Gasteiger partial charge in [0.15, 0.2) is 0 Å². The van der Waals surface area contributed by atoms with E-state index >= 15 is 0 Å². The molecule has 0 spiro atoms. The second kappa shape index (κ2) is 5.76. The Kier molecular flexibility index (Phi) is 3.58. The largest absolute Gasteiger partial charge is 0.421 e. The van der Waals surface area contributed by atoms with Crippen LogP contribution in [0.25, 0.3) is 27.6 Å². The van der Waals surface area contributed by atoms with Crippen LogP contribution in [0.3, 0.4) is 0 Å². The van der Waals surface area contributed by atoms with Crippen molar-refractivity contribution < 1.29 is 4.42 Å². The van der Waals surface area contributed by atoms with Gasteiger partial charge in [0.05, 0.1) is 11.4 Å². The molecule has 1 aliphatic rings. The summed E-state index contributed by atoms with van der Waals surface area (Å²) in [4.78, 5) is 4.56. The first-order valence-electron chi connectivity index (χ1n) is 7.64. The number of pyridine rings is 1. The van der Waals surface area contributed by atoms with E-state index in [0.717, 1.165) is 45.1 Å². The molecule has 24 heavy (non-hydrogen) atoms. The summed E-state index contributed by atoms with van der Waals surface area (Å²) < 4.78 is 5.46. The van der Waals surface area contributed by atoms with Crippen LogP contribution < -0.4 is 5.32 Å². The minimum atomic E-state index is 0.519. The molecule has 3 aromatic rings. The Morgan fingerprint density at radius 2 is 1.88 bits per heavy atom. The van der Waals surface area contributed by atoms with Gasteiger partial charge in [-0.1, -0.05) is 29.8 Å². The predicted octanol–water partition coefficient (Wildman–Crippen LogP) is 4.28. The van der Waals surface area contributed by atoms with Crippen molar-refractivity contribution in [3.63, 3.8) is 0 Å². The van der Waals surface area contributed by atoms with Crippen molar-refractivity contribution in [3.05, 3.63) is 53.7 Å². The smallest absolute Gasteiger partial charge is 0.247 e. The minimum absolute atomic E-state index is 0.519. The first kappa shape index (κ1) is 14.9. The summed E-state index contributed by atoms with van der Waals surface area (Å²) in [5, 5.41) is 11.9.